The van der Waals surface area contributed by atoms with Crippen LogP contribution >= 0.6 is 31.9 Å². The molecular weight excluding hydrogens is 864 g/mol. The molecule has 0 aromatic heterocycles. The fourth-order valence-corrected chi connectivity index (χ4v) is 10.1. The summed E-state index contributed by atoms with van der Waals surface area (Å²) in [6.45, 7) is 6.18. The molecule has 60 heavy (non-hydrogen) atoms. The molecule has 0 spiro atoms. The zero-order chi connectivity index (χ0) is 42.0. The van der Waals surface area contributed by atoms with Crippen LogP contribution in [-0.4, -0.2) is 13.2 Å². The number of unbranched alkanes of at least 4 members (excludes halogenated alkanes) is 22. The molecule has 4 heteroatoms. The summed E-state index contributed by atoms with van der Waals surface area (Å²) >= 11 is 7.40. The Balaban J connectivity index is 1.15. The molecule has 1 saturated carbocycles. The molecule has 0 bridgehead atoms. The number of ether oxygens (including phenoxy) is 2. The highest BCUT2D eigenvalue weighted by Gasteiger charge is 2.52. The predicted molar refractivity (Wildman–Crippen MR) is 265 cm³/mol. The maximum absolute atomic E-state index is 6.30. The quantitative estimate of drug-likeness (QED) is 0.0454. The van der Waals surface area contributed by atoms with E-state index in [-0.39, 0.29) is 0 Å². The van der Waals surface area contributed by atoms with Gasteiger partial charge >= 0.3 is 0 Å². The van der Waals surface area contributed by atoms with Crippen molar-refractivity contribution >= 4 is 31.9 Å². The minimum Gasteiger partial charge on any atom is -0.494 e. The van der Waals surface area contributed by atoms with Gasteiger partial charge in [0.1, 0.15) is 11.5 Å². The maximum Gasteiger partial charge on any atom is 0.119 e. The van der Waals surface area contributed by atoms with Crippen LogP contribution in [0.25, 0.3) is 0 Å². The highest BCUT2D eigenvalue weighted by molar-refractivity contribution is 9.10. The average Bonchev–Trinajstić information content (AvgIpc) is 3.26. The topological polar surface area (TPSA) is 18.5 Å². The van der Waals surface area contributed by atoms with Gasteiger partial charge in [0.15, 0.2) is 0 Å². The number of rotatable bonds is 32. The van der Waals surface area contributed by atoms with E-state index in [4.69, 9.17) is 9.47 Å². The molecular formula is C56H78Br2O2. The summed E-state index contributed by atoms with van der Waals surface area (Å²) in [6, 6.07) is 36.3. The van der Waals surface area contributed by atoms with Crippen LogP contribution in [0, 0.1) is 0 Å². The monoisotopic (exact) mass is 940 g/mol. The van der Waals surface area contributed by atoms with Crippen molar-refractivity contribution in [3.63, 3.8) is 0 Å². The third-order valence-electron chi connectivity index (χ3n) is 13.1. The molecule has 4 unspecified atom stereocenters. The highest BCUT2D eigenvalue weighted by Crippen LogP contribution is 2.66. The normalized spacial score (nSPS) is 17.4. The summed E-state index contributed by atoms with van der Waals surface area (Å²) in [5.74, 6) is 3.32. The second kappa shape index (κ2) is 28.9. The summed E-state index contributed by atoms with van der Waals surface area (Å²) in [5.41, 5.74) is 5.54. The van der Waals surface area contributed by atoms with Crippen LogP contribution in [0.5, 0.6) is 11.5 Å². The first-order valence-corrected chi connectivity index (χ1v) is 26.1. The van der Waals surface area contributed by atoms with E-state index in [0.717, 1.165) is 46.5 Å². The molecule has 1 fully saturated rings. The third-order valence-corrected chi connectivity index (χ3v) is 14.2. The van der Waals surface area contributed by atoms with Crippen molar-refractivity contribution in [2.24, 2.45) is 0 Å². The van der Waals surface area contributed by atoms with Crippen LogP contribution in [0.4, 0.5) is 0 Å². The summed E-state index contributed by atoms with van der Waals surface area (Å²) in [6.07, 6.45) is 32.6. The number of halogens is 2. The summed E-state index contributed by atoms with van der Waals surface area (Å²) in [7, 11) is 0. The lowest BCUT2D eigenvalue weighted by atomic mass is 9.49. The zero-order valence-electron chi connectivity index (χ0n) is 37.5. The summed E-state index contributed by atoms with van der Waals surface area (Å²) in [4.78, 5) is 0. The lowest BCUT2D eigenvalue weighted by Crippen LogP contribution is -2.40. The van der Waals surface area contributed by atoms with Crippen molar-refractivity contribution in [3.8, 4) is 11.5 Å². The van der Waals surface area contributed by atoms with E-state index < -0.39 is 0 Å². The average molecular weight is 943 g/mol. The van der Waals surface area contributed by atoms with Crippen LogP contribution in [0.2, 0.25) is 0 Å². The van der Waals surface area contributed by atoms with E-state index in [9.17, 15) is 0 Å². The van der Waals surface area contributed by atoms with Crippen molar-refractivity contribution in [1.29, 1.82) is 0 Å². The van der Waals surface area contributed by atoms with Gasteiger partial charge in [0, 0.05) is 8.95 Å². The van der Waals surface area contributed by atoms with Crippen LogP contribution in [0.3, 0.4) is 0 Å². The van der Waals surface area contributed by atoms with E-state index in [1.165, 1.54) is 164 Å². The van der Waals surface area contributed by atoms with Crippen LogP contribution < -0.4 is 9.47 Å². The molecule has 4 aromatic carbocycles. The van der Waals surface area contributed by atoms with Crippen LogP contribution in [0.1, 0.15) is 214 Å². The van der Waals surface area contributed by atoms with Gasteiger partial charge in [0.2, 0.25) is 0 Å². The van der Waals surface area contributed by atoms with E-state index in [1.807, 2.05) is 0 Å². The van der Waals surface area contributed by atoms with Gasteiger partial charge in [0.25, 0.3) is 0 Å². The molecule has 0 saturated heterocycles. The lowest BCUT2D eigenvalue weighted by molar-refractivity contribution is 0.228. The van der Waals surface area contributed by atoms with Crippen LogP contribution in [-0.2, 0) is 0 Å². The number of benzene rings is 4. The first kappa shape index (κ1) is 48.5. The minimum absolute atomic E-state index is 0.332. The molecule has 328 valence electrons. The van der Waals surface area contributed by atoms with Gasteiger partial charge in [-0.05, 0) is 107 Å². The maximum atomic E-state index is 6.30. The summed E-state index contributed by atoms with van der Waals surface area (Å²) < 4.78 is 14.8. The number of hydrogen-bond donors (Lipinski definition) is 0. The fraction of sp³-hybridized carbons (Fsp3) is 0.571. The molecule has 5 rings (SSSR count). The molecule has 0 amide bonds. The molecule has 4 atom stereocenters. The van der Waals surface area contributed by atoms with Crippen molar-refractivity contribution < 1.29 is 9.47 Å². The van der Waals surface area contributed by atoms with Gasteiger partial charge in [-0.1, -0.05) is 235 Å². The van der Waals surface area contributed by atoms with Gasteiger partial charge in [-0.15, -0.1) is 0 Å². The first-order chi connectivity index (χ1) is 29.6. The molecule has 4 aromatic rings. The third kappa shape index (κ3) is 16.6. The SMILES string of the molecule is CCCCCCCCCCCCCCOc1ccc(C2C(c3ccc(Br)cc3)C(c3ccc(Br)cc3)C2c2ccc(OCCCCCCCCCCCCCC)cc2)cc1. The molecule has 0 N–H and O–H groups in total. The Bertz CT molecular complexity index is 1540. The molecule has 0 heterocycles. The Morgan fingerprint density at radius 2 is 0.517 bits per heavy atom. The molecule has 0 radical (unpaired) electrons. The van der Waals surface area contributed by atoms with Crippen molar-refractivity contribution in [2.45, 2.75) is 192 Å². The van der Waals surface area contributed by atoms with Gasteiger partial charge in [-0.25, -0.2) is 0 Å². The molecule has 1 aliphatic carbocycles. The van der Waals surface area contributed by atoms with E-state index in [1.54, 1.807) is 0 Å². The van der Waals surface area contributed by atoms with Crippen molar-refractivity contribution in [2.75, 3.05) is 13.2 Å². The van der Waals surface area contributed by atoms with Crippen molar-refractivity contribution in [3.05, 3.63) is 128 Å². The Kier molecular flexibility index (Phi) is 23.4. The van der Waals surface area contributed by atoms with Crippen LogP contribution in [0.15, 0.2) is 106 Å². The second-order valence-electron chi connectivity index (χ2n) is 17.8. The Labute approximate surface area is 383 Å². The lowest BCUT2D eigenvalue weighted by Gasteiger charge is -2.54. The Morgan fingerprint density at radius 1 is 0.300 bits per heavy atom. The first-order valence-electron chi connectivity index (χ1n) is 24.6. The van der Waals surface area contributed by atoms with E-state index >= 15 is 0 Å². The van der Waals surface area contributed by atoms with E-state index in [0.29, 0.717) is 23.7 Å². The van der Waals surface area contributed by atoms with Gasteiger partial charge in [0.05, 0.1) is 13.2 Å². The smallest absolute Gasteiger partial charge is 0.119 e. The van der Waals surface area contributed by atoms with E-state index in [2.05, 4.69) is 143 Å². The molecule has 0 aliphatic heterocycles. The largest absolute Gasteiger partial charge is 0.494 e. The minimum atomic E-state index is 0.332. The number of hydrogen-bond acceptors (Lipinski definition) is 2. The molecule has 2 nitrogen and oxygen atoms in total. The highest BCUT2D eigenvalue weighted by atomic mass is 79.9. The fourth-order valence-electron chi connectivity index (χ4n) is 9.62. The summed E-state index contributed by atoms with van der Waals surface area (Å²) in [5, 5.41) is 0. The Morgan fingerprint density at radius 3 is 0.767 bits per heavy atom. The van der Waals surface area contributed by atoms with Gasteiger partial charge in [-0.2, -0.15) is 0 Å². The molecule has 1 aliphatic rings. The van der Waals surface area contributed by atoms with Gasteiger partial charge in [-0.3, -0.25) is 0 Å². The standard InChI is InChI=1S/C56H78Br2O2/c1-3-5-7-9-11-13-15-17-19-21-23-25-43-59-51-39-31-47(32-40-51)55-53(45-27-35-49(57)36-28-45)54(46-29-37-50(58)38-30-46)56(55)48-33-41-52(42-34-48)60-44-26-24-22-20-18-16-14-12-10-8-6-4-2/h27-42,53-56H,3-26,43-44H2,1-2H3. The van der Waals surface area contributed by atoms with Gasteiger partial charge < -0.3 is 9.47 Å². The zero-order valence-corrected chi connectivity index (χ0v) is 40.7. The van der Waals surface area contributed by atoms with Crippen molar-refractivity contribution in [1.82, 2.24) is 0 Å². The second-order valence-corrected chi connectivity index (χ2v) is 19.7. The Hall–Kier alpha value is -2.56. The predicted octanol–water partition coefficient (Wildman–Crippen LogP) is 18.8.